The second-order valence-electron chi connectivity index (χ2n) is 15.4. The number of carbonyl (C=O) groups excluding carboxylic acids is 2. The minimum atomic E-state index is -0.396. The molecule has 0 bridgehead atoms. The van der Waals surface area contributed by atoms with Gasteiger partial charge in [0.05, 0.1) is 17.2 Å². The minimum absolute atomic E-state index is 0.0939. The molecule has 58 heavy (non-hydrogen) atoms. The van der Waals surface area contributed by atoms with Gasteiger partial charge in [0, 0.05) is 18.0 Å². The Morgan fingerprint density at radius 2 is 1.10 bits per heavy atom. The van der Waals surface area contributed by atoms with Crippen molar-refractivity contribution in [3.05, 3.63) is 149 Å². The summed E-state index contributed by atoms with van der Waals surface area (Å²) in [6.45, 7) is 10.4. The Morgan fingerprint density at radius 1 is 0.552 bits per heavy atom. The molecule has 1 atom stereocenters. The molecule has 1 aromatic heterocycles. The van der Waals surface area contributed by atoms with Crippen LogP contribution in [0, 0.1) is 13.8 Å². The summed E-state index contributed by atoms with van der Waals surface area (Å²) in [5, 5.41) is 1.78. The number of esters is 2. The van der Waals surface area contributed by atoms with Crippen LogP contribution in [-0.4, -0.2) is 28.0 Å². The Labute approximate surface area is 346 Å². The van der Waals surface area contributed by atoms with Gasteiger partial charge in [-0.1, -0.05) is 144 Å². The van der Waals surface area contributed by atoms with Gasteiger partial charge in [-0.2, -0.15) is 0 Å². The van der Waals surface area contributed by atoms with Crippen molar-refractivity contribution >= 4 is 22.7 Å². The summed E-state index contributed by atoms with van der Waals surface area (Å²) in [5.41, 5.74) is 8.19. The highest BCUT2D eigenvalue weighted by Crippen LogP contribution is 2.26. The Bertz CT molecular complexity index is 2160. The number of hydrogen-bond donors (Lipinski definition) is 0. The van der Waals surface area contributed by atoms with Gasteiger partial charge in [0.1, 0.15) is 5.75 Å². The number of aryl methyl sites for hydroxylation is 3. The van der Waals surface area contributed by atoms with Crippen molar-refractivity contribution in [2.75, 3.05) is 0 Å². The van der Waals surface area contributed by atoms with Crippen molar-refractivity contribution in [1.82, 2.24) is 9.97 Å². The number of unbranched alkanes of at least 4 members (excludes halogenated alkanes) is 8. The monoisotopic (exact) mass is 776 g/mol. The molecule has 0 aliphatic rings. The molecular formula is C52H60N2O4. The van der Waals surface area contributed by atoms with Gasteiger partial charge in [0.25, 0.3) is 0 Å². The van der Waals surface area contributed by atoms with E-state index in [-0.39, 0.29) is 12.1 Å². The average molecular weight is 777 g/mol. The molecule has 302 valence electrons. The van der Waals surface area contributed by atoms with Crippen LogP contribution in [0.25, 0.3) is 33.3 Å². The molecule has 0 aliphatic heterocycles. The maximum atomic E-state index is 12.5. The number of carbonyl (C=O) groups is 2. The fourth-order valence-electron chi connectivity index (χ4n) is 6.76. The van der Waals surface area contributed by atoms with Gasteiger partial charge >= 0.3 is 11.9 Å². The van der Waals surface area contributed by atoms with Crippen LogP contribution in [0.5, 0.6) is 5.75 Å². The second kappa shape index (κ2) is 23.0. The lowest BCUT2D eigenvalue weighted by molar-refractivity contribution is 0.0319. The largest absolute Gasteiger partial charge is 0.459 e. The average Bonchev–Trinajstić information content (AvgIpc) is 3.24. The number of ether oxygens (including phenoxy) is 2. The van der Waals surface area contributed by atoms with Gasteiger partial charge in [-0.15, -0.1) is 0 Å². The first kappa shape index (κ1) is 43.5. The van der Waals surface area contributed by atoms with Crippen molar-refractivity contribution < 1.29 is 19.1 Å². The lowest BCUT2D eigenvalue weighted by atomic mass is 10.00. The summed E-state index contributed by atoms with van der Waals surface area (Å²) >= 11 is 0. The van der Waals surface area contributed by atoms with Gasteiger partial charge in [0.15, 0.2) is 5.82 Å². The first-order valence-corrected chi connectivity index (χ1v) is 21.2. The molecule has 1 heterocycles. The summed E-state index contributed by atoms with van der Waals surface area (Å²) < 4.78 is 11.1. The highest BCUT2D eigenvalue weighted by atomic mass is 16.5. The van der Waals surface area contributed by atoms with Crippen molar-refractivity contribution in [1.29, 1.82) is 0 Å². The zero-order chi connectivity index (χ0) is 41.1. The summed E-state index contributed by atoms with van der Waals surface area (Å²) in [4.78, 5) is 33.6. The topological polar surface area (TPSA) is 78.4 Å². The summed E-state index contributed by atoms with van der Waals surface area (Å²) in [6.07, 6.45) is 18.5. The number of rotatable bonds is 18. The second-order valence-corrected chi connectivity index (χ2v) is 15.4. The molecule has 5 aromatic carbocycles. The number of fused-ring (bicyclic) bond motifs is 1. The highest BCUT2D eigenvalue weighted by molar-refractivity contribution is 5.96. The molecule has 0 N–H and O–H groups in total. The predicted molar refractivity (Wildman–Crippen MR) is 238 cm³/mol. The Balaban J connectivity index is 0.000000223. The van der Waals surface area contributed by atoms with Crippen LogP contribution in [0.2, 0.25) is 0 Å². The number of hydrogen-bond acceptors (Lipinski definition) is 6. The Morgan fingerprint density at radius 3 is 1.78 bits per heavy atom. The molecule has 0 fully saturated rings. The fourth-order valence-corrected chi connectivity index (χ4v) is 6.76. The van der Waals surface area contributed by atoms with E-state index in [0.29, 0.717) is 16.9 Å². The highest BCUT2D eigenvalue weighted by Gasteiger charge is 2.14. The molecule has 0 radical (unpaired) electrons. The molecule has 0 saturated carbocycles. The fraction of sp³-hybridized carbons (Fsp3) is 0.346. The summed E-state index contributed by atoms with van der Waals surface area (Å²) in [7, 11) is 0. The van der Waals surface area contributed by atoms with E-state index < -0.39 is 5.97 Å². The molecule has 6 heteroatoms. The predicted octanol–water partition coefficient (Wildman–Crippen LogP) is 13.9. The number of nitrogens with zero attached hydrogens (tertiary/aromatic N) is 2. The minimum Gasteiger partial charge on any atom is -0.459 e. The SMILES string of the molecule is CCCCCCC(C)OC(=O)c1ccc2cc(OC(=O)c3ccc(C)cc3)ccc2c1.CCCCCCCCc1ccc(-c2ccc(-c3ncc(C)cn3)cc2)cc1. The molecule has 0 aliphatic carbocycles. The number of aromatic nitrogens is 2. The van der Waals surface area contributed by atoms with Gasteiger partial charge in [-0.3, -0.25) is 0 Å². The molecule has 0 spiro atoms. The Kier molecular flexibility index (Phi) is 17.2. The van der Waals surface area contributed by atoms with Crippen LogP contribution >= 0.6 is 0 Å². The van der Waals surface area contributed by atoms with Crippen LogP contribution in [0.3, 0.4) is 0 Å². The molecule has 6 rings (SSSR count). The smallest absolute Gasteiger partial charge is 0.343 e. The first-order valence-electron chi connectivity index (χ1n) is 21.2. The van der Waals surface area contributed by atoms with Crippen molar-refractivity contribution in [3.8, 4) is 28.3 Å². The van der Waals surface area contributed by atoms with Crippen LogP contribution in [-0.2, 0) is 11.2 Å². The molecule has 6 aromatic rings. The van der Waals surface area contributed by atoms with E-state index in [2.05, 4.69) is 72.3 Å². The molecule has 6 nitrogen and oxygen atoms in total. The van der Waals surface area contributed by atoms with Gasteiger partial charge < -0.3 is 9.47 Å². The van der Waals surface area contributed by atoms with E-state index in [1.54, 1.807) is 30.3 Å². The van der Waals surface area contributed by atoms with Gasteiger partial charge in [-0.05, 0) is 116 Å². The Hall–Kier alpha value is -5.62. The third-order valence-corrected chi connectivity index (χ3v) is 10.3. The molecular weight excluding hydrogens is 717 g/mol. The molecule has 1 unspecified atom stereocenters. The van der Waals surface area contributed by atoms with Crippen molar-refractivity contribution in [3.63, 3.8) is 0 Å². The van der Waals surface area contributed by atoms with Crippen LogP contribution < -0.4 is 4.74 Å². The van der Waals surface area contributed by atoms with Crippen LogP contribution in [0.1, 0.15) is 129 Å². The lowest BCUT2D eigenvalue weighted by Gasteiger charge is -2.13. The maximum Gasteiger partial charge on any atom is 0.343 e. The zero-order valence-corrected chi connectivity index (χ0v) is 35.1. The van der Waals surface area contributed by atoms with E-state index in [0.717, 1.165) is 46.1 Å². The molecule has 0 amide bonds. The van der Waals surface area contributed by atoms with Crippen molar-refractivity contribution in [2.24, 2.45) is 0 Å². The van der Waals surface area contributed by atoms with E-state index in [9.17, 15) is 9.59 Å². The molecule has 0 saturated heterocycles. The first-order chi connectivity index (χ1) is 28.2. The van der Waals surface area contributed by atoms with E-state index in [1.807, 2.05) is 63.5 Å². The maximum absolute atomic E-state index is 12.5. The summed E-state index contributed by atoms with van der Waals surface area (Å²) in [5.74, 6) is 0.544. The van der Waals surface area contributed by atoms with Crippen LogP contribution in [0.15, 0.2) is 122 Å². The van der Waals surface area contributed by atoms with Gasteiger partial charge in [0.2, 0.25) is 0 Å². The third kappa shape index (κ3) is 13.8. The zero-order valence-electron chi connectivity index (χ0n) is 35.1. The van der Waals surface area contributed by atoms with Crippen LogP contribution in [0.4, 0.5) is 0 Å². The van der Waals surface area contributed by atoms with E-state index in [1.165, 1.54) is 80.9 Å². The standard InChI is InChI=1S/C27H30O4.C25H30N2/c1-4-5-6-7-8-20(3)30-27(29)24-14-13-23-18-25(16-15-22(23)17-24)31-26(28)21-11-9-19(2)10-12-21;1-3-4-5-6-7-8-9-21-10-12-22(13-11-21)23-14-16-24(17-15-23)25-26-18-20(2)19-27-25/h9-18,20H,4-8H2,1-3H3;10-19H,3-9H2,1-2H3. The number of benzene rings is 5. The van der Waals surface area contributed by atoms with E-state index in [4.69, 9.17) is 9.47 Å². The lowest BCUT2D eigenvalue weighted by Crippen LogP contribution is -2.15. The normalized spacial score (nSPS) is 11.4. The third-order valence-electron chi connectivity index (χ3n) is 10.3. The quantitative estimate of drug-likeness (QED) is 0.0491. The summed E-state index contributed by atoms with van der Waals surface area (Å²) in [6, 6.07) is 35.6. The van der Waals surface area contributed by atoms with E-state index >= 15 is 0 Å². The van der Waals surface area contributed by atoms with Gasteiger partial charge in [-0.25, -0.2) is 19.6 Å². The van der Waals surface area contributed by atoms with Crippen molar-refractivity contribution in [2.45, 2.75) is 118 Å².